The fourth-order valence-corrected chi connectivity index (χ4v) is 4.03. The second-order valence-electron chi connectivity index (χ2n) is 7.25. The maximum atomic E-state index is 13.4. The Hall–Kier alpha value is -1.76. The van der Waals surface area contributed by atoms with Crippen LogP contribution in [-0.2, 0) is 24.9 Å². The van der Waals surface area contributed by atoms with Gasteiger partial charge in [0.25, 0.3) is 0 Å². The number of ether oxygens (including phenoxy) is 1. The van der Waals surface area contributed by atoms with Gasteiger partial charge in [-0.05, 0) is 17.7 Å². The Morgan fingerprint density at radius 3 is 2.80 bits per heavy atom. The fourth-order valence-electron chi connectivity index (χ4n) is 4.03. The molecule has 2 atom stereocenters. The zero-order chi connectivity index (χ0) is 17.2. The molecule has 6 heteroatoms. The number of rotatable bonds is 4. The second kappa shape index (κ2) is 7.23. The average Bonchev–Trinajstić information content (AvgIpc) is 3.08. The number of nitrogens with zero attached hydrogens (tertiary/aromatic N) is 4. The molecule has 5 nitrogen and oxygen atoms in total. The third kappa shape index (κ3) is 4.08. The van der Waals surface area contributed by atoms with E-state index < -0.39 is 0 Å². The van der Waals surface area contributed by atoms with Gasteiger partial charge in [0.2, 0.25) is 0 Å². The lowest BCUT2D eigenvalue weighted by Gasteiger charge is -2.22. The Balaban J connectivity index is 1.37. The summed E-state index contributed by atoms with van der Waals surface area (Å²) in [6, 6.07) is 6.90. The van der Waals surface area contributed by atoms with E-state index in [1.54, 1.807) is 12.1 Å². The molecule has 0 amide bonds. The molecule has 0 bridgehead atoms. The first-order valence-electron chi connectivity index (χ1n) is 8.94. The SMILES string of the molecule is Cn1cc(CN2CCO[C@@H]3CN(Cc4cccc(F)c4)C[C@@H]3C2)cn1. The smallest absolute Gasteiger partial charge is 0.123 e. The predicted molar refractivity (Wildman–Crippen MR) is 93.4 cm³/mol. The van der Waals surface area contributed by atoms with Crippen LogP contribution in [-0.4, -0.2) is 58.5 Å². The Kier molecular flexibility index (Phi) is 4.83. The number of halogens is 1. The van der Waals surface area contributed by atoms with Gasteiger partial charge in [0.1, 0.15) is 5.82 Å². The normalized spacial score (nSPS) is 25.0. The molecule has 2 saturated heterocycles. The molecule has 134 valence electrons. The van der Waals surface area contributed by atoms with Crippen molar-refractivity contribution >= 4 is 0 Å². The lowest BCUT2D eigenvalue weighted by Crippen LogP contribution is -2.32. The van der Waals surface area contributed by atoms with Crippen LogP contribution in [0.15, 0.2) is 36.7 Å². The molecule has 0 spiro atoms. The zero-order valence-electron chi connectivity index (χ0n) is 14.6. The number of hydrogen-bond acceptors (Lipinski definition) is 4. The summed E-state index contributed by atoms with van der Waals surface area (Å²) < 4.78 is 21.4. The van der Waals surface area contributed by atoms with E-state index in [9.17, 15) is 4.39 Å². The van der Waals surface area contributed by atoms with Crippen LogP contribution in [0.3, 0.4) is 0 Å². The number of aryl methyl sites for hydroxylation is 1. The van der Waals surface area contributed by atoms with Gasteiger partial charge in [-0.15, -0.1) is 0 Å². The third-order valence-electron chi connectivity index (χ3n) is 5.15. The largest absolute Gasteiger partial charge is 0.375 e. The molecule has 2 aromatic rings. The Bertz CT molecular complexity index is 719. The third-order valence-corrected chi connectivity index (χ3v) is 5.15. The van der Waals surface area contributed by atoms with Crippen LogP contribution >= 0.6 is 0 Å². The van der Waals surface area contributed by atoms with Crippen molar-refractivity contribution in [3.63, 3.8) is 0 Å². The highest BCUT2D eigenvalue weighted by molar-refractivity contribution is 5.16. The molecule has 0 saturated carbocycles. The van der Waals surface area contributed by atoms with Crippen molar-refractivity contribution < 1.29 is 9.13 Å². The molecule has 3 heterocycles. The fraction of sp³-hybridized carbons (Fsp3) is 0.526. The molecule has 0 unspecified atom stereocenters. The predicted octanol–water partition coefficient (Wildman–Crippen LogP) is 1.89. The summed E-state index contributed by atoms with van der Waals surface area (Å²) in [7, 11) is 1.95. The Morgan fingerprint density at radius 2 is 2.00 bits per heavy atom. The lowest BCUT2D eigenvalue weighted by atomic mass is 10.1. The molecule has 1 aromatic heterocycles. The average molecular weight is 344 g/mol. The maximum Gasteiger partial charge on any atom is 0.123 e. The molecule has 2 aliphatic heterocycles. The summed E-state index contributed by atoms with van der Waals surface area (Å²) in [6.45, 7) is 6.42. The van der Waals surface area contributed by atoms with E-state index in [2.05, 4.69) is 21.1 Å². The molecule has 1 aromatic carbocycles. The monoisotopic (exact) mass is 344 g/mol. The minimum Gasteiger partial charge on any atom is -0.375 e. The van der Waals surface area contributed by atoms with Gasteiger partial charge in [0.15, 0.2) is 0 Å². The van der Waals surface area contributed by atoms with Crippen molar-refractivity contribution in [2.24, 2.45) is 13.0 Å². The summed E-state index contributed by atoms with van der Waals surface area (Å²) in [5.41, 5.74) is 2.28. The zero-order valence-corrected chi connectivity index (χ0v) is 14.6. The molecule has 2 aliphatic rings. The minimum absolute atomic E-state index is 0.162. The highest BCUT2D eigenvalue weighted by atomic mass is 19.1. The summed E-state index contributed by atoms with van der Waals surface area (Å²) in [6.07, 6.45) is 4.30. The number of likely N-dealkylation sites (tertiary alicyclic amines) is 1. The first-order valence-corrected chi connectivity index (χ1v) is 8.94. The molecule has 0 aliphatic carbocycles. The van der Waals surface area contributed by atoms with Crippen LogP contribution in [0, 0.1) is 11.7 Å². The Labute approximate surface area is 148 Å². The standard InChI is InChI=1S/C19H25FN4O/c1-22-9-16(8-21-22)11-23-5-6-25-19-14-24(13-17(19)12-23)10-15-3-2-4-18(20)7-15/h2-4,7-9,17,19H,5-6,10-14H2,1H3/t17-,19+/m0/s1. The van der Waals surface area contributed by atoms with Gasteiger partial charge in [0.05, 0.1) is 18.9 Å². The maximum absolute atomic E-state index is 13.4. The topological polar surface area (TPSA) is 33.5 Å². The van der Waals surface area contributed by atoms with Crippen LogP contribution in [0.4, 0.5) is 4.39 Å². The second-order valence-corrected chi connectivity index (χ2v) is 7.25. The molecule has 25 heavy (non-hydrogen) atoms. The van der Waals surface area contributed by atoms with Gasteiger partial charge in [-0.2, -0.15) is 5.10 Å². The van der Waals surface area contributed by atoms with Crippen LogP contribution in [0.1, 0.15) is 11.1 Å². The van der Waals surface area contributed by atoms with Crippen LogP contribution in [0.2, 0.25) is 0 Å². The first-order chi connectivity index (χ1) is 12.2. The lowest BCUT2D eigenvalue weighted by molar-refractivity contribution is 0.0510. The molecule has 2 fully saturated rings. The van der Waals surface area contributed by atoms with E-state index in [0.717, 1.165) is 51.4 Å². The van der Waals surface area contributed by atoms with E-state index >= 15 is 0 Å². The van der Waals surface area contributed by atoms with Crippen molar-refractivity contribution in [2.75, 3.05) is 32.8 Å². The van der Waals surface area contributed by atoms with Gasteiger partial charge in [-0.3, -0.25) is 14.5 Å². The number of fused-ring (bicyclic) bond motifs is 1. The number of hydrogen-bond donors (Lipinski definition) is 0. The molecular formula is C19H25FN4O. The van der Waals surface area contributed by atoms with E-state index in [4.69, 9.17) is 4.74 Å². The minimum atomic E-state index is -0.162. The van der Waals surface area contributed by atoms with E-state index in [1.165, 1.54) is 11.6 Å². The van der Waals surface area contributed by atoms with Gasteiger partial charge >= 0.3 is 0 Å². The van der Waals surface area contributed by atoms with Crippen LogP contribution in [0.5, 0.6) is 0 Å². The van der Waals surface area contributed by atoms with Crippen molar-refractivity contribution in [3.05, 3.63) is 53.6 Å². The van der Waals surface area contributed by atoms with E-state index in [-0.39, 0.29) is 11.9 Å². The van der Waals surface area contributed by atoms with Gasteiger partial charge in [-0.25, -0.2) is 4.39 Å². The molecular weight excluding hydrogens is 319 g/mol. The summed E-state index contributed by atoms with van der Waals surface area (Å²) in [5, 5.41) is 4.26. The highest BCUT2D eigenvalue weighted by Crippen LogP contribution is 2.25. The van der Waals surface area contributed by atoms with Crippen molar-refractivity contribution in [1.82, 2.24) is 19.6 Å². The van der Waals surface area contributed by atoms with Gasteiger partial charge in [0, 0.05) is 64.0 Å². The summed E-state index contributed by atoms with van der Waals surface area (Å²) in [4.78, 5) is 4.85. The highest BCUT2D eigenvalue weighted by Gasteiger charge is 2.36. The quantitative estimate of drug-likeness (QED) is 0.848. The Morgan fingerprint density at radius 1 is 1.16 bits per heavy atom. The molecule has 4 rings (SSSR count). The van der Waals surface area contributed by atoms with Crippen molar-refractivity contribution in [3.8, 4) is 0 Å². The summed E-state index contributed by atoms with van der Waals surface area (Å²) >= 11 is 0. The van der Waals surface area contributed by atoms with Gasteiger partial charge < -0.3 is 4.74 Å². The summed E-state index contributed by atoms with van der Waals surface area (Å²) in [5.74, 6) is 0.345. The van der Waals surface area contributed by atoms with Crippen molar-refractivity contribution in [2.45, 2.75) is 19.2 Å². The number of benzene rings is 1. The number of aromatic nitrogens is 2. The molecule has 0 radical (unpaired) electrons. The van der Waals surface area contributed by atoms with Crippen molar-refractivity contribution in [1.29, 1.82) is 0 Å². The van der Waals surface area contributed by atoms with Crippen LogP contribution < -0.4 is 0 Å². The molecule has 0 N–H and O–H groups in total. The van der Waals surface area contributed by atoms with Crippen LogP contribution in [0.25, 0.3) is 0 Å². The first kappa shape index (κ1) is 16.7. The van der Waals surface area contributed by atoms with E-state index in [0.29, 0.717) is 5.92 Å². The van der Waals surface area contributed by atoms with Gasteiger partial charge in [-0.1, -0.05) is 12.1 Å². The van der Waals surface area contributed by atoms with E-state index in [1.807, 2.05) is 24.0 Å².